The minimum atomic E-state index is 0.182. The monoisotopic (exact) mass is 416 g/mol. The Morgan fingerprint density at radius 1 is 1.00 bits per heavy atom. The molecule has 3 rings (SSSR count). The van der Waals surface area contributed by atoms with Crippen molar-refractivity contribution in [3.05, 3.63) is 64.6 Å². The van der Waals surface area contributed by atoms with Gasteiger partial charge in [0.25, 0.3) is 0 Å². The summed E-state index contributed by atoms with van der Waals surface area (Å²) in [7, 11) is 0. The number of amides is 1. The predicted molar refractivity (Wildman–Crippen MR) is 107 cm³/mol. The molecule has 1 saturated heterocycles. The van der Waals surface area contributed by atoms with E-state index < -0.39 is 0 Å². The number of benzene rings is 2. The van der Waals surface area contributed by atoms with Crippen LogP contribution in [0.25, 0.3) is 0 Å². The Hall–Kier alpha value is -1.85. The second-order valence-electron chi connectivity index (χ2n) is 6.55. The zero-order chi connectivity index (χ0) is 18.2. The van der Waals surface area contributed by atoms with Crippen LogP contribution in [-0.4, -0.2) is 48.5 Å². The molecule has 1 fully saturated rings. The third kappa shape index (κ3) is 5.85. The zero-order valence-corrected chi connectivity index (χ0v) is 16.5. The molecule has 0 saturated carbocycles. The second kappa shape index (κ2) is 9.74. The normalized spacial score (nSPS) is 15.5. The SMILES string of the molecule is O=C(CCOc1cccc(Br)c1)N1CCCN(Cc2ccccc2)CC1. The maximum atomic E-state index is 12.5. The lowest BCUT2D eigenvalue weighted by atomic mass is 10.2. The van der Waals surface area contributed by atoms with Crippen LogP contribution in [0.4, 0.5) is 0 Å². The first-order valence-electron chi connectivity index (χ1n) is 9.13. The van der Waals surface area contributed by atoms with Crippen LogP contribution in [0.5, 0.6) is 5.75 Å². The Morgan fingerprint density at radius 2 is 1.85 bits per heavy atom. The first kappa shape index (κ1) is 18.9. The van der Waals surface area contributed by atoms with Crippen LogP contribution >= 0.6 is 15.9 Å². The molecule has 1 amide bonds. The molecule has 0 aromatic heterocycles. The minimum absolute atomic E-state index is 0.182. The topological polar surface area (TPSA) is 32.8 Å². The molecule has 5 heteroatoms. The van der Waals surface area contributed by atoms with Gasteiger partial charge < -0.3 is 9.64 Å². The highest BCUT2D eigenvalue weighted by Gasteiger charge is 2.19. The third-order valence-electron chi connectivity index (χ3n) is 4.57. The molecule has 0 unspecified atom stereocenters. The quantitative estimate of drug-likeness (QED) is 0.714. The van der Waals surface area contributed by atoms with Gasteiger partial charge >= 0.3 is 0 Å². The Kier molecular flexibility index (Phi) is 7.09. The molecule has 4 nitrogen and oxygen atoms in total. The summed E-state index contributed by atoms with van der Waals surface area (Å²) in [5, 5.41) is 0. The highest BCUT2D eigenvalue weighted by atomic mass is 79.9. The fourth-order valence-corrected chi connectivity index (χ4v) is 3.57. The Bertz CT molecular complexity index is 708. The fraction of sp³-hybridized carbons (Fsp3) is 0.381. The summed E-state index contributed by atoms with van der Waals surface area (Å²) >= 11 is 3.42. The summed E-state index contributed by atoms with van der Waals surface area (Å²) in [6.07, 6.45) is 1.44. The third-order valence-corrected chi connectivity index (χ3v) is 5.06. The number of carbonyl (C=O) groups is 1. The van der Waals surface area contributed by atoms with Crippen LogP contribution in [-0.2, 0) is 11.3 Å². The number of hydrogen-bond acceptors (Lipinski definition) is 3. The van der Waals surface area contributed by atoms with E-state index >= 15 is 0 Å². The van der Waals surface area contributed by atoms with Crippen molar-refractivity contribution in [3.63, 3.8) is 0 Å². The lowest BCUT2D eigenvalue weighted by Crippen LogP contribution is -2.35. The highest BCUT2D eigenvalue weighted by molar-refractivity contribution is 9.10. The van der Waals surface area contributed by atoms with Gasteiger partial charge in [-0.25, -0.2) is 0 Å². The van der Waals surface area contributed by atoms with Gasteiger partial charge in [0.05, 0.1) is 13.0 Å². The van der Waals surface area contributed by atoms with Gasteiger partial charge in [-0.15, -0.1) is 0 Å². The number of nitrogens with zero attached hydrogens (tertiary/aromatic N) is 2. The summed E-state index contributed by atoms with van der Waals surface area (Å²) in [5.74, 6) is 0.971. The molecule has 1 aliphatic rings. The minimum Gasteiger partial charge on any atom is -0.493 e. The fourth-order valence-electron chi connectivity index (χ4n) is 3.19. The molecular weight excluding hydrogens is 392 g/mol. The van der Waals surface area contributed by atoms with E-state index in [1.165, 1.54) is 5.56 Å². The second-order valence-corrected chi connectivity index (χ2v) is 7.47. The van der Waals surface area contributed by atoms with Crippen LogP contribution in [0.3, 0.4) is 0 Å². The van der Waals surface area contributed by atoms with E-state index in [1.54, 1.807) is 0 Å². The summed E-state index contributed by atoms with van der Waals surface area (Å²) in [5.41, 5.74) is 1.33. The molecule has 2 aromatic carbocycles. The molecule has 0 atom stereocenters. The Balaban J connectivity index is 1.42. The van der Waals surface area contributed by atoms with Crippen molar-refractivity contribution in [2.75, 3.05) is 32.8 Å². The van der Waals surface area contributed by atoms with E-state index in [0.717, 1.165) is 49.4 Å². The van der Waals surface area contributed by atoms with Gasteiger partial charge in [-0.05, 0) is 30.2 Å². The van der Waals surface area contributed by atoms with Crippen LogP contribution in [0, 0.1) is 0 Å². The van der Waals surface area contributed by atoms with E-state index in [1.807, 2.05) is 35.2 Å². The number of carbonyl (C=O) groups excluding carboxylic acids is 1. The van der Waals surface area contributed by atoms with Crippen molar-refractivity contribution >= 4 is 21.8 Å². The maximum Gasteiger partial charge on any atom is 0.226 e. The van der Waals surface area contributed by atoms with Crippen molar-refractivity contribution in [3.8, 4) is 5.75 Å². The van der Waals surface area contributed by atoms with Crippen LogP contribution in [0.1, 0.15) is 18.4 Å². The van der Waals surface area contributed by atoms with Gasteiger partial charge in [0.15, 0.2) is 0 Å². The van der Waals surface area contributed by atoms with Crippen LogP contribution in [0.2, 0.25) is 0 Å². The molecule has 0 N–H and O–H groups in total. The van der Waals surface area contributed by atoms with Crippen molar-refractivity contribution in [2.45, 2.75) is 19.4 Å². The van der Waals surface area contributed by atoms with E-state index in [4.69, 9.17) is 4.74 Å². The maximum absolute atomic E-state index is 12.5. The van der Waals surface area contributed by atoms with E-state index in [-0.39, 0.29) is 5.91 Å². The van der Waals surface area contributed by atoms with Crippen molar-refractivity contribution in [1.29, 1.82) is 0 Å². The van der Waals surface area contributed by atoms with Crippen LogP contribution < -0.4 is 4.74 Å². The van der Waals surface area contributed by atoms with Crippen molar-refractivity contribution < 1.29 is 9.53 Å². The smallest absolute Gasteiger partial charge is 0.226 e. The molecule has 0 spiro atoms. The van der Waals surface area contributed by atoms with E-state index in [2.05, 4.69) is 45.1 Å². The predicted octanol–water partition coefficient (Wildman–Crippen LogP) is 3.95. The van der Waals surface area contributed by atoms with Crippen molar-refractivity contribution in [2.24, 2.45) is 0 Å². The molecular formula is C21H25BrN2O2. The number of ether oxygens (including phenoxy) is 1. The molecule has 0 aliphatic carbocycles. The zero-order valence-electron chi connectivity index (χ0n) is 14.9. The van der Waals surface area contributed by atoms with E-state index in [0.29, 0.717) is 13.0 Å². The average Bonchev–Trinajstić information content (AvgIpc) is 2.88. The van der Waals surface area contributed by atoms with Gasteiger partial charge in [0.2, 0.25) is 5.91 Å². The molecule has 1 aliphatic heterocycles. The first-order valence-corrected chi connectivity index (χ1v) is 9.92. The Labute approximate surface area is 163 Å². The van der Waals surface area contributed by atoms with Gasteiger partial charge in [-0.2, -0.15) is 0 Å². The summed E-state index contributed by atoms with van der Waals surface area (Å²) in [4.78, 5) is 16.9. The number of halogens is 1. The summed E-state index contributed by atoms with van der Waals surface area (Å²) in [6, 6.07) is 18.2. The number of hydrogen-bond donors (Lipinski definition) is 0. The largest absolute Gasteiger partial charge is 0.493 e. The first-order chi connectivity index (χ1) is 12.7. The van der Waals surface area contributed by atoms with Crippen molar-refractivity contribution in [1.82, 2.24) is 9.80 Å². The van der Waals surface area contributed by atoms with Gasteiger partial charge in [-0.3, -0.25) is 9.69 Å². The van der Waals surface area contributed by atoms with Gasteiger partial charge in [0, 0.05) is 37.2 Å². The highest BCUT2D eigenvalue weighted by Crippen LogP contribution is 2.18. The summed E-state index contributed by atoms with van der Waals surface area (Å²) in [6.45, 7) is 4.96. The van der Waals surface area contributed by atoms with E-state index in [9.17, 15) is 4.79 Å². The lowest BCUT2D eigenvalue weighted by Gasteiger charge is -2.22. The molecule has 2 aromatic rings. The molecule has 138 valence electrons. The standard InChI is InChI=1S/C21H25BrN2O2/c22-19-8-4-9-20(16-19)26-15-10-21(25)24-12-5-11-23(13-14-24)17-18-6-2-1-3-7-18/h1-4,6-9,16H,5,10-15,17H2. The molecule has 1 heterocycles. The van der Waals surface area contributed by atoms with Gasteiger partial charge in [-0.1, -0.05) is 52.3 Å². The molecule has 0 radical (unpaired) electrons. The molecule has 0 bridgehead atoms. The average molecular weight is 417 g/mol. The Morgan fingerprint density at radius 3 is 2.65 bits per heavy atom. The molecule has 26 heavy (non-hydrogen) atoms. The summed E-state index contributed by atoms with van der Waals surface area (Å²) < 4.78 is 6.67. The van der Waals surface area contributed by atoms with Crippen LogP contribution in [0.15, 0.2) is 59.1 Å². The lowest BCUT2D eigenvalue weighted by molar-refractivity contribution is -0.131. The van der Waals surface area contributed by atoms with Gasteiger partial charge in [0.1, 0.15) is 5.75 Å². The number of rotatable bonds is 6.